The fourth-order valence-electron chi connectivity index (χ4n) is 3.26. The van der Waals surface area contributed by atoms with E-state index in [1.165, 1.54) is 31.4 Å². The summed E-state index contributed by atoms with van der Waals surface area (Å²) in [4.78, 5) is 15.7. The van der Waals surface area contributed by atoms with Crippen molar-refractivity contribution in [3.05, 3.63) is 60.3 Å². The summed E-state index contributed by atoms with van der Waals surface area (Å²) < 4.78 is 21.9. The summed E-state index contributed by atoms with van der Waals surface area (Å²) in [5.41, 5.74) is 3.57. The topological polar surface area (TPSA) is 90.1 Å². The number of carbonyl (C=O) groups is 1. The lowest BCUT2D eigenvalue weighted by Gasteiger charge is -2.12. The van der Waals surface area contributed by atoms with Crippen LogP contribution in [-0.4, -0.2) is 37.9 Å². The fraction of sp³-hybridized carbons (Fsp3) is 0.143. The third-order valence-corrected chi connectivity index (χ3v) is 4.76. The number of aromatic carboxylic acids is 1. The number of carboxylic acids is 1. The molecule has 4 aromatic rings. The molecule has 4 rings (SSSR count). The first kappa shape index (κ1) is 18.5. The van der Waals surface area contributed by atoms with Crippen LogP contribution in [0.2, 0.25) is 0 Å². The molecule has 0 radical (unpaired) electrons. The molecular formula is C21H17FN4O3. The van der Waals surface area contributed by atoms with Crippen LogP contribution in [0.3, 0.4) is 0 Å². The van der Waals surface area contributed by atoms with Gasteiger partial charge in [0.15, 0.2) is 5.65 Å². The monoisotopic (exact) mass is 392 g/mol. The van der Waals surface area contributed by atoms with Crippen molar-refractivity contribution in [2.45, 2.75) is 13.5 Å². The van der Waals surface area contributed by atoms with Crippen LogP contribution in [0.25, 0.3) is 33.4 Å². The second-order valence-electron chi connectivity index (χ2n) is 6.38. The van der Waals surface area contributed by atoms with Crippen LogP contribution in [-0.2, 0) is 6.54 Å². The molecule has 0 saturated heterocycles. The largest absolute Gasteiger partial charge is 0.496 e. The highest BCUT2D eigenvalue weighted by molar-refractivity contribution is 5.92. The van der Waals surface area contributed by atoms with E-state index in [0.717, 1.165) is 5.56 Å². The van der Waals surface area contributed by atoms with Crippen LogP contribution in [0.4, 0.5) is 4.39 Å². The van der Waals surface area contributed by atoms with Gasteiger partial charge in [0.1, 0.15) is 17.1 Å². The lowest BCUT2D eigenvalue weighted by atomic mass is 9.97. The first-order chi connectivity index (χ1) is 14.0. The Labute approximate surface area is 165 Å². The van der Waals surface area contributed by atoms with Gasteiger partial charge in [-0.05, 0) is 42.8 Å². The Morgan fingerprint density at radius 2 is 2.00 bits per heavy atom. The molecule has 0 fully saturated rings. The minimum absolute atomic E-state index is 0.0623. The van der Waals surface area contributed by atoms with Crippen molar-refractivity contribution in [3.63, 3.8) is 0 Å². The zero-order valence-corrected chi connectivity index (χ0v) is 15.8. The number of benzene rings is 2. The third kappa shape index (κ3) is 3.18. The highest BCUT2D eigenvalue weighted by atomic mass is 19.1. The summed E-state index contributed by atoms with van der Waals surface area (Å²) in [6, 6.07) is 9.02. The van der Waals surface area contributed by atoms with E-state index in [-0.39, 0.29) is 16.9 Å². The van der Waals surface area contributed by atoms with E-state index in [2.05, 4.69) is 15.2 Å². The van der Waals surface area contributed by atoms with Gasteiger partial charge in [0.25, 0.3) is 0 Å². The van der Waals surface area contributed by atoms with Crippen molar-refractivity contribution in [2.75, 3.05) is 7.11 Å². The summed E-state index contributed by atoms with van der Waals surface area (Å²) in [6.45, 7) is 2.69. The van der Waals surface area contributed by atoms with Crippen LogP contribution in [0, 0.1) is 5.82 Å². The normalized spacial score (nSPS) is 11.0. The van der Waals surface area contributed by atoms with Crippen molar-refractivity contribution in [1.29, 1.82) is 0 Å². The zero-order chi connectivity index (χ0) is 20.5. The smallest absolute Gasteiger partial charge is 0.335 e. The summed E-state index contributed by atoms with van der Waals surface area (Å²) in [5, 5.41) is 17.4. The lowest BCUT2D eigenvalue weighted by Crippen LogP contribution is -1.99. The Bertz CT molecular complexity index is 1240. The van der Waals surface area contributed by atoms with Crippen molar-refractivity contribution in [2.24, 2.45) is 0 Å². The van der Waals surface area contributed by atoms with E-state index in [1.54, 1.807) is 24.7 Å². The molecule has 0 aliphatic rings. The molecule has 0 unspecified atom stereocenters. The van der Waals surface area contributed by atoms with Crippen molar-refractivity contribution >= 4 is 17.1 Å². The van der Waals surface area contributed by atoms with E-state index in [1.807, 2.05) is 11.5 Å². The minimum Gasteiger partial charge on any atom is -0.496 e. The number of aromatic nitrogens is 4. The summed E-state index contributed by atoms with van der Waals surface area (Å²) >= 11 is 0. The Morgan fingerprint density at radius 3 is 2.72 bits per heavy atom. The second kappa shape index (κ2) is 7.31. The van der Waals surface area contributed by atoms with Crippen molar-refractivity contribution < 1.29 is 19.0 Å². The van der Waals surface area contributed by atoms with Gasteiger partial charge in [-0.25, -0.2) is 14.2 Å². The van der Waals surface area contributed by atoms with Gasteiger partial charge in [-0.1, -0.05) is 6.07 Å². The Kier molecular flexibility index (Phi) is 4.67. The van der Waals surface area contributed by atoms with E-state index < -0.39 is 11.8 Å². The Hall–Kier alpha value is -3.81. The highest BCUT2D eigenvalue weighted by Crippen LogP contribution is 2.36. The number of fused-ring (bicyclic) bond motifs is 1. The number of rotatable bonds is 5. The number of hydrogen-bond donors (Lipinski definition) is 1. The summed E-state index contributed by atoms with van der Waals surface area (Å²) in [6.07, 6.45) is 3.29. The van der Waals surface area contributed by atoms with Gasteiger partial charge in [-0.2, -0.15) is 5.10 Å². The average Bonchev–Trinajstić information content (AvgIpc) is 3.17. The maximum absolute atomic E-state index is 14.7. The number of ether oxygens (including phenoxy) is 1. The van der Waals surface area contributed by atoms with Gasteiger partial charge in [0, 0.05) is 23.2 Å². The van der Waals surface area contributed by atoms with Gasteiger partial charge in [0.2, 0.25) is 0 Å². The van der Waals surface area contributed by atoms with E-state index in [9.17, 15) is 14.3 Å². The van der Waals surface area contributed by atoms with Gasteiger partial charge < -0.3 is 14.4 Å². The summed E-state index contributed by atoms with van der Waals surface area (Å²) in [5.74, 6) is -1.26. The molecule has 146 valence electrons. The van der Waals surface area contributed by atoms with Crippen LogP contribution < -0.4 is 4.74 Å². The molecule has 8 heteroatoms. The molecule has 2 aromatic heterocycles. The molecule has 0 aliphatic carbocycles. The molecule has 0 bridgehead atoms. The lowest BCUT2D eigenvalue weighted by molar-refractivity contribution is 0.0696. The van der Waals surface area contributed by atoms with Crippen LogP contribution in [0.5, 0.6) is 5.75 Å². The molecule has 0 aliphatic heterocycles. The van der Waals surface area contributed by atoms with Crippen molar-refractivity contribution in [1.82, 2.24) is 19.7 Å². The molecule has 0 spiro atoms. The van der Waals surface area contributed by atoms with Gasteiger partial charge in [-0.15, -0.1) is 5.10 Å². The Balaban J connectivity index is 1.89. The van der Waals surface area contributed by atoms with Crippen LogP contribution in [0.1, 0.15) is 17.3 Å². The van der Waals surface area contributed by atoms with Crippen molar-refractivity contribution in [3.8, 4) is 28.0 Å². The molecule has 0 atom stereocenters. The number of hydrogen-bond acceptors (Lipinski definition) is 5. The standard InChI is InChI=1S/C21H17FN4O3/c1-3-26-11-23-19-16(10-24-25-20(19)26)12-5-7-17(22)15(8-12)14-6-4-13(21(27)28)9-18(14)29-2/h4-11H,3H2,1-2H3,(H,27,28). The second-order valence-corrected chi connectivity index (χ2v) is 6.38. The van der Waals surface area contributed by atoms with E-state index in [0.29, 0.717) is 28.8 Å². The third-order valence-electron chi connectivity index (χ3n) is 4.76. The first-order valence-corrected chi connectivity index (χ1v) is 8.91. The first-order valence-electron chi connectivity index (χ1n) is 8.91. The minimum atomic E-state index is -1.08. The molecule has 2 aromatic carbocycles. The summed E-state index contributed by atoms with van der Waals surface area (Å²) in [7, 11) is 1.42. The number of carboxylic acid groups (broad SMARTS) is 1. The molecular weight excluding hydrogens is 375 g/mol. The number of imidazole rings is 1. The van der Waals surface area contributed by atoms with Crippen LogP contribution in [0.15, 0.2) is 48.9 Å². The predicted octanol–water partition coefficient (Wildman–Crippen LogP) is 4.03. The van der Waals surface area contributed by atoms with E-state index in [4.69, 9.17) is 4.74 Å². The molecule has 0 saturated carbocycles. The Morgan fingerprint density at radius 1 is 1.17 bits per heavy atom. The maximum Gasteiger partial charge on any atom is 0.335 e. The highest BCUT2D eigenvalue weighted by Gasteiger charge is 2.17. The molecule has 1 N–H and O–H groups in total. The van der Waals surface area contributed by atoms with E-state index >= 15 is 0 Å². The van der Waals surface area contributed by atoms with Gasteiger partial charge >= 0.3 is 5.97 Å². The molecule has 29 heavy (non-hydrogen) atoms. The molecule has 2 heterocycles. The molecule has 7 nitrogen and oxygen atoms in total. The number of aryl methyl sites for hydroxylation is 1. The van der Waals surface area contributed by atoms with Gasteiger partial charge in [0.05, 0.1) is 25.2 Å². The zero-order valence-electron chi connectivity index (χ0n) is 15.8. The van der Waals surface area contributed by atoms with Gasteiger partial charge in [-0.3, -0.25) is 0 Å². The SMILES string of the molecule is CCn1cnc2c(-c3ccc(F)c(-c4ccc(C(=O)O)cc4OC)c3)cnnc21. The molecule has 0 amide bonds. The fourth-order valence-corrected chi connectivity index (χ4v) is 3.26. The van der Waals surface area contributed by atoms with Crippen LogP contribution >= 0.6 is 0 Å². The number of methoxy groups -OCH3 is 1. The number of nitrogens with zero attached hydrogens (tertiary/aromatic N) is 4. The predicted molar refractivity (Wildman–Crippen MR) is 105 cm³/mol. The maximum atomic E-state index is 14.7. The number of halogens is 1. The average molecular weight is 392 g/mol. The quantitative estimate of drug-likeness (QED) is 0.552.